The highest BCUT2D eigenvalue weighted by molar-refractivity contribution is 7.52. The van der Waals surface area contributed by atoms with Crippen molar-refractivity contribution in [2.75, 3.05) is 39.3 Å². The summed E-state index contributed by atoms with van der Waals surface area (Å²) in [4.78, 5) is 141. The van der Waals surface area contributed by atoms with Gasteiger partial charge in [-0.3, -0.25) is 42.9 Å². The molecular weight excluding hydrogens is 1290 g/mol. The van der Waals surface area contributed by atoms with E-state index in [0.29, 0.717) is 42.5 Å². The van der Waals surface area contributed by atoms with Crippen molar-refractivity contribution < 1.29 is 75.7 Å². The van der Waals surface area contributed by atoms with Gasteiger partial charge in [-0.05, 0) is 90.1 Å². The monoisotopic (exact) mass is 1380 g/mol. The maximum absolute atomic E-state index is 15.0. The fourth-order valence-electron chi connectivity index (χ4n) is 12.3. The van der Waals surface area contributed by atoms with Crippen LogP contribution in [0.1, 0.15) is 156 Å². The number of nitrogens with one attached hydrogen (secondary N) is 5. The molecule has 3 aliphatic heterocycles. The third kappa shape index (κ3) is 17.5. The first-order valence-corrected chi connectivity index (χ1v) is 35.4. The molecule has 1 aliphatic carbocycles. The summed E-state index contributed by atoms with van der Waals surface area (Å²) in [7, 11) is -5.88. The number of aromatic nitrogens is 1. The minimum atomic E-state index is -5.88. The van der Waals surface area contributed by atoms with Crippen molar-refractivity contribution in [1.82, 2.24) is 46.3 Å². The van der Waals surface area contributed by atoms with Crippen molar-refractivity contribution in [1.29, 1.82) is 0 Å². The van der Waals surface area contributed by atoms with Crippen LogP contribution in [0.4, 0.5) is 13.2 Å². The van der Waals surface area contributed by atoms with Crippen molar-refractivity contribution in [3.8, 4) is 10.4 Å². The molecule has 3 saturated heterocycles. The number of thiazole rings is 1. The van der Waals surface area contributed by atoms with Crippen LogP contribution in [0, 0.1) is 17.8 Å². The molecule has 0 bridgehead atoms. The number of rotatable bonds is 25. The van der Waals surface area contributed by atoms with Crippen LogP contribution in [0.15, 0.2) is 84.4 Å². The normalized spacial score (nSPS) is 20.8. The van der Waals surface area contributed by atoms with Crippen molar-refractivity contribution in [3.63, 3.8) is 0 Å². The number of β-amino-alcohol motifs (C(OH)–C–C–N with tert-alkyl or cyclic N) is 1. The van der Waals surface area contributed by atoms with Gasteiger partial charge in [0.15, 0.2) is 5.67 Å². The lowest BCUT2D eigenvalue weighted by molar-refractivity contribution is -0.150. The van der Waals surface area contributed by atoms with Crippen LogP contribution < -0.4 is 26.6 Å². The number of carbonyl (C=O) groups excluding carboxylic acids is 8. The molecule has 0 radical (unpaired) electrons. The number of likely N-dealkylation sites (tertiary alicyclic amines) is 2. The topological polar surface area (TPSA) is 306 Å². The highest BCUT2D eigenvalue weighted by atomic mass is 32.1. The van der Waals surface area contributed by atoms with Gasteiger partial charge < -0.3 is 60.9 Å². The summed E-state index contributed by atoms with van der Waals surface area (Å²) in [5.74, 6) is -4.44. The average Bonchev–Trinajstić information content (AvgIpc) is 1.72. The van der Waals surface area contributed by atoms with Crippen molar-refractivity contribution in [2.24, 2.45) is 10.8 Å². The lowest BCUT2D eigenvalue weighted by atomic mass is 9.85. The number of benzene rings is 3. The number of nitrogens with zero attached hydrogens (tertiary/aromatic N) is 4. The summed E-state index contributed by atoms with van der Waals surface area (Å²) in [6.07, 6.45) is 1.78. The Hall–Kier alpha value is -7.13. The lowest BCUT2D eigenvalue weighted by Crippen LogP contribution is -2.59. The average molecular weight is 1380 g/mol. The zero-order chi connectivity index (χ0) is 69.0. The van der Waals surface area contributed by atoms with E-state index in [1.165, 1.54) is 33.3 Å². The van der Waals surface area contributed by atoms with Crippen LogP contribution in [0.2, 0.25) is 0 Å². The molecule has 8 atom stereocenters. The molecule has 8 amide bonds. The quantitative estimate of drug-likeness (QED) is 0.0202. The summed E-state index contributed by atoms with van der Waals surface area (Å²) in [6, 6.07) is 15.0. The number of halogens is 3. The number of alkyl halides is 3. The standard InChI is InChI=1S/C67H85F3N9O13PS2/c1-39-55(94-38-72-39)42-21-19-40(20-22-42)47(74-58(83)48-33-46(80)36-79(48)62(87)57(65(5,6)7)76-63(88)66(68)25-26-66)34-54(82)71-27-15-10-8-9-14-18-53(81)73-45-32-49(60(85)77-28-29-92-50(37-77)41-16-12-11-13-17-41)78(35-45)61(86)56(64(2,3)4)75-59(84)52-31-43-30-44(23-24-51(43)95-52)67(69,70)93(89,90)91/h11-13,16-17,19-24,30-31,38,45-50,56-57,80H,8-10,14-15,18,25-29,32-37H2,1-7H3,(H,71,82)(H,73,81)(H,74,83)(H,75,84)(H,76,88)(H2,89,90,91)/t45-,46+,47?,48-,49-,50?,56?,57?/m0/s1. The second kappa shape index (κ2) is 29.7. The Labute approximate surface area is 558 Å². The maximum Gasteiger partial charge on any atom is 0.399 e. The Morgan fingerprint density at radius 3 is 2.07 bits per heavy atom. The molecule has 0 spiro atoms. The van der Waals surface area contributed by atoms with E-state index in [4.69, 9.17) is 4.74 Å². The SMILES string of the molecule is Cc1ncsc1-c1ccc(C(CC(=O)NCCCCCCCC(=O)N[C@H]2C[C@@H](C(=O)N3CCOC(c4ccccc4)C3)N(C(=O)C(NC(=O)c3cc4cc(C(F)(F)P(=O)(O)O)ccc4s3)C(C)(C)C)C2)NC(=O)[C@@H]2C[C@@H](O)CN2C(=O)C(NC(=O)C2(F)CC2)C(C)(C)C)cc1. The first-order chi connectivity index (χ1) is 44.7. The Morgan fingerprint density at radius 1 is 0.779 bits per heavy atom. The summed E-state index contributed by atoms with van der Waals surface area (Å²) in [5.41, 5.74) is -4.33. The van der Waals surface area contributed by atoms with Crippen LogP contribution in [0.3, 0.4) is 0 Å². The van der Waals surface area contributed by atoms with Gasteiger partial charge >= 0.3 is 13.3 Å². The number of fused-ring (bicyclic) bond motifs is 1. The molecule has 9 rings (SSSR count). The van der Waals surface area contributed by atoms with E-state index in [1.54, 1.807) is 52.0 Å². The van der Waals surface area contributed by atoms with E-state index in [9.17, 15) is 71.0 Å². The van der Waals surface area contributed by atoms with Gasteiger partial charge in [0.1, 0.15) is 30.3 Å². The van der Waals surface area contributed by atoms with Crippen molar-refractivity contribution in [3.05, 3.63) is 112 Å². The van der Waals surface area contributed by atoms with Gasteiger partial charge in [-0.25, -0.2) is 9.37 Å². The first kappa shape index (κ1) is 72.1. The molecule has 22 nitrogen and oxygen atoms in total. The number of morpholine rings is 1. The fraction of sp³-hybridized carbons (Fsp3) is 0.537. The van der Waals surface area contributed by atoms with Crippen LogP contribution in [0.5, 0.6) is 0 Å². The van der Waals surface area contributed by atoms with E-state index in [0.717, 1.165) is 51.6 Å². The molecule has 4 fully saturated rings. The molecule has 2 aromatic heterocycles. The maximum atomic E-state index is 15.0. The number of aryl methyl sites for hydroxylation is 1. The van der Waals surface area contributed by atoms with Gasteiger partial charge in [0.05, 0.1) is 52.7 Å². The molecule has 95 heavy (non-hydrogen) atoms. The number of aliphatic hydroxyl groups is 1. The van der Waals surface area contributed by atoms with E-state index < -0.39 is 113 Å². The number of aliphatic hydroxyl groups excluding tert-OH is 1. The van der Waals surface area contributed by atoms with Gasteiger partial charge in [-0.1, -0.05) is 121 Å². The molecule has 4 aliphatic rings. The van der Waals surface area contributed by atoms with Crippen LogP contribution in [-0.2, 0) is 48.5 Å². The Bertz CT molecular complexity index is 3690. The van der Waals surface area contributed by atoms with E-state index in [-0.39, 0.29) is 99.3 Å². The number of thiophene rings is 1. The number of hydrogen-bond acceptors (Lipinski definition) is 14. The van der Waals surface area contributed by atoms with Gasteiger partial charge in [-0.2, -0.15) is 8.78 Å². The largest absolute Gasteiger partial charge is 0.399 e. The summed E-state index contributed by atoms with van der Waals surface area (Å²) >= 11 is 2.41. The number of ether oxygens (including phenoxy) is 1. The van der Waals surface area contributed by atoms with E-state index in [1.807, 2.05) is 61.5 Å². The number of amides is 8. The zero-order valence-corrected chi connectivity index (χ0v) is 56.9. The van der Waals surface area contributed by atoms with Gasteiger partial charge in [-0.15, -0.1) is 22.7 Å². The van der Waals surface area contributed by atoms with Crippen LogP contribution >= 0.6 is 30.3 Å². The number of carbonyl (C=O) groups is 8. The van der Waals surface area contributed by atoms with Gasteiger partial charge in [0.2, 0.25) is 35.4 Å². The van der Waals surface area contributed by atoms with E-state index in [2.05, 4.69) is 31.6 Å². The summed E-state index contributed by atoms with van der Waals surface area (Å²) in [6.45, 7) is 13.0. The van der Waals surface area contributed by atoms with Crippen LogP contribution in [-0.4, -0.2) is 163 Å². The fourth-order valence-corrected chi connectivity index (χ4v) is 14.5. The second-order valence-electron chi connectivity index (χ2n) is 27.4. The Kier molecular flexibility index (Phi) is 22.6. The molecule has 5 aromatic rings. The predicted molar refractivity (Wildman–Crippen MR) is 351 cm³/mol. The van der Waals surface area contributed by atoms with Crippen molar-refractivity contribution >= 4 is 87.6 Å². The minimum absolute atomic E-state index is 0.0355. The van der Waals surface area contributed by atoms with Crippen LogP contribution in [0.25, 0.3) is 20.5 Å². The third-order valence-electron chi connectivity index (χ3n) is 17.9. The summed E-state index contributed by atoms with van der Waals surface area (Å²) in [5, 5.41) is 25.3. The predicted octanol–water partition coefficient (Wildman–Crippen LogP) is 8.09. The second-order valence-corrected chi connectivity index (χ2v) is 31.0. The smallest absolute Gasteiger partial charge is 0.391 e. The molecule has 4 unspecified atom stereocenters. The number of unbranched alkanes of at least 4 members (excludes halogenated alkanes) is 4. The van der Waals surface area contributed by atoms with Gasteiger partial charge in [0.25, 0.3) is 11.8 Å². The third-order valence-corrected chi connectivity index (χ3v) is 21.0. The number of hydrogen-bond donors (Lipinski definition) is 8. The zero-order valence-electron chi connectivity index (χ0n) is 54.3. The molecule has 1 saturated carbocycles. The highest BCUT2D eigenvalue weighted by Crippen LogP contribution is 2.59. The lowest BCUT2D eigenvalue weighted by Gasteiger charge is -2.38. The minimum Gasteiger partial charge on any atom is -0.391 e. The van der Waals surface area contributed by atoms with Crippen molar-refractivity contribution in [2.45, 2.75) is 179 Å². The first-order valence-electron chi connectivity index (χ1n) is 32.1. The Morgan fingerprint density at radius 2 is 1.43 bits per heavy atom. The summed E-state index contributed by atoms with van der Waals surface area (Å²) < 4.78 is 62.3. The molecule has 28 heteroatoms. The van der Waals surface area contributed by atoms with E-state index >= 15 is 0 Å². The molecule has 5 heterocycles. The molecule has 8 N–H and O–H groups in total. The molecule has 514 valence electrons. The highest BCUT2D eigenvalue weighted by Gasteiger charge is 2.54. The molecular formula is C67H85F3N9O13PS2. The van der Waals surface area contributed by atoms with Gasteiger partial charge in [0, 0.05) is 55.3 Å². The molecule has 3 aromatic carbocycles. The Balaban J connectivity index is 0.789.